The first-order valence-corrected chi connectivity index (χ1v) is 27.0. The number of hydrogen-bond acceptors (Lipinski definition) is 21. The summed E-state index contributed by atoms with van der Waals surface area (Å²) in [6.07, 6.45) is -17.8. The van der Waals surface area contributed by atoms with Crippen LogP contribution >= 0.6 is 0 Å². The molecule has 0 radical (unpaired) electrons. The highest BCUT2D eigenvalue weighted by molar-refractivity contribution is 5.81. The maximum Gasteiger partial charge on any atom is 0.408 e. The van der Waals surface area contributed by atoms with Crippen molar-refractivity contribution in [3.8, 4) is 0 Å². The van der Waals surface area contributed by atoms with Crippen molar-refractivity contribution < 1.29 is 96.2 Å². The Labute approximate surface area is 469 Å². The number of hydrogen-bond donors (Lipinski definition) is 11. The minimum absolute atomic E-state index is 0.0822. The van der Waals surface area contributed by atoms with E-state index in [1.54, 1.807) is 125 Å². The van der Waals surface area contributed by atoms with Crippen LogP contribution in [-0.2, 0) is 52.2 Å². The Morgan fingerprint density at radius 1 is 0.525 bits per heavy atom. The van der Waals surface area contributed by atoms with Crippen LogP contribution in [0, 0.1) is 0 Å². The highest BCUT2D eigenvalue weighted by Crippen LogP contribution is 2.33. The van der Waals surface area contributed by atoms with Crippen molar-refractivity contribution in [2.45, 2.75) is 269 Å². The summed E-state index contributed by atoms with van der Waals surface area (Å²) < 4.78 is 59.2. The van der Waals surface area contributed by atoms with E-state index in [-0.39, 0.29) is 38.8 Å². The minimum Gasteiger partial charge on any atom is -0.444 e. The van der Waals surface area contributed by atoms with Gasteiger partial charge in [0.2, 0.25) is 5.91 Å². The number of rotatable bonds is 16. The first-order chi connectivity index (χ1) is 36.4. The number of nitrogens with two attached hydrogens (primary N) is 1. The van der Waals surface area contributed by atoms with E-state index in [0.717, 1.165) is 0 Å². The van der Waals surface area contributed by atoms with Gasteiger partial charge in [0.15, 0.2) is 12.6 Å². The molecule has 2 saturated heterocycles. The number of amides is 7. The van der Waals surface area contributed by atoms with E-state index < -0.39 is 168 Å². The molecular formula is C52H94N8O20. The lowest BCUT2D eigenvalue weighted by atomic mass is 9.81. The molecule has 0 bridgehead atoms. The standard InChI is InChI=1S/C52H94N8O20/c1-47(2,3)75-41(65)54-22-21-30(62)38(64)56-28-23-29(58-44(68)78-50(10,11)12)37(73-39-27(57-43(67)77-49(7,8)9)20-19-26(71-39)24-55-42(66)76-48(4,5)6)32(53)36(28)74-40-34(60-46(70)80-52(16,17)18)33(35(63)31(25-61)72-40)59-45(69)79-51(13,14)15/h26-37,39-40,61-63H,19-25,53H2,1-18H3,(H,54,65)(H,55,66)(H,56,64)(H,57,67)(H,58,68)(H,59,69)(H,60,70)/t26-,27+,28+,29-,30-,31+,32-,33+,34+,35+,36-,37+,39+,40+/m0/s1. The summed E-state index contributed by atoms with van der Waals surface area (Å²) in [5, 5.41) is 52.2. The number of nitrogens with one attached hydrogen (secondary N) is 7. The summed E-state index contributed by atoms with van der Waals surface area (Å²) in [6, 6.07) is -8.30. The zero-order valence-electron chi connectivity index (χ0n) is 49.9. The molecule has 1 aliphatic carbocycles. The van der Waals surface area contributed by atoms with Crippen LogP contribution in [0.5, 0.6) is 0 Å². The Morgan fingerprint density at radius 3 is 1.39 bits per heavy atom. The molecule has 28 nitrogen and oxygen atoms in total. The van der Waals surface area contributed by atoms with Crippen molar-refractivity contribution in [3.63, 3.8) is 0 Å². The molecule has 0 aromatic heterocycles. The zero-order chi connectivity index (χ0) is 61.1. The van der Waals surface area contributed by atoms with E-state index in [1.807, 2.05) is 0 Å². The van der Waals surface area contributed by atoms with Gasteiger partial charge in [-0.25, -0.2) is 28.8 Å². The smallest absolute Gasteiger partial charge is 0.408 e. The number of aliphatic hydroxyl groups excluding tert-OH is 3. The molecule has 462 valence electrons. The van der Waals surface area contributed by atoms with Crippen molar-refractivity contribution >= 4 is 42.5 Å². The van der Waals surface area contributed by atoms with Gasteiger partial charge in [0.05, 0.1) is 55.1 Å². The molecule has 1 saturated carbocycles. The van der Waals surface area contributed by atoms with E-state index in [2.05, 4.69) is 37.2 Å². The van der Waals surface area contributed by atoms with Crippen LogP contribution in [0.2, 0.25) is 0 Å². The molecule has 0 aromatic rings. The molecule has 0 unspecified atom stereocenters. The Balaban J connectivity index is 2.26. The topological polar surface area (TPSA) is 383 Å². The van der Waals surface area contributed by atoms with Gasteiger partial charge in [0.25, 0.3) is 0 Å². The summed E-state index contributed by atoms with van der Waals surface area (Å²) in [5.74, 6) is -1.00. The second-order valence-electron chi connectivity index (χ2n) is 26.0. The maximum atomic E-state index is 14.1. The lowest BCUT2D eigenvalue weighted by molar-refractivity contribution is -0.283. The molecule has 2 heterocycles. The third-order valence-electron chi connectivity index (χ3n) is 11.4. The fraction of sp³-hybridized carbons (Fsp3) is 0.865. The highest BCUT2D eigenvalue weighted by atomic mass is 16.7. The normalized spacial score (nSPS) is 28.1. The molecule has 3 rings (SSSR count). The van der Waals surface area contributed by atoms with Gasteiger partial charge in [-0.1, -0.05) is 0 Å². The number of carbonyl (C=O) groups excluding carboxylic acids is 7. The number of ether oxygens (including phenoxy) is 10. The predicted octanol–water partition coefficient (Wildman–Crippen LogP) is 2.93. The third-order valence-corrected chi connectivity index (χ3v) is 11.4. The SMILES string of the molecule is CC(C)(C)OC(=O)NCC[C@H](O)C(=O)N[C@@H]1C[C@H](NC(=O)OC(C)(C)C)[C@@H](O[C@H]2O[C@H](CNC(=O)OC(C)(C)C)CC[C@H]2NC(=O)OC(C)(C)C)[C@@H](N)[C@H]1O[C@H]1O[C@H](CO)[C@@H](O)[C@H](NC(=O)OC(C)(C)C)[C@H]1NC(=O)OC(C)(C)C. The predicted molar refractivity (Wildman–Crippen MR) is 286 cm³/mol. The molecular weight excluding hydrogens is 1060 g/mol. The van der Waals surface area contributed by atoms with Crippen molar-refractivity contribution in [2.24, 2.45) is 5.73 Å². The van der Waals surface area contributed by atoms with Gasteiger partial charge in [-0.05, 0) is 150 Å². The fourth-order valence-corrected chi connectivity index (χ4v) is 8.40. The molecule has 0 spiro atoms. The van der Waals surface area contributed by atoms with Crippen molar-refractivity contribution in [2.75, 3.05) is 19.7 Å². The van der Waals surface area contributed by atoms with Gasteiger partial charge in [-0.15, -0.1) is 0 Å². The van der Waals surface area contributed by atoms with Crippen LogP contribution in [0.3, 0.4) is 0 Å². The number of alkyl carbamates (subject to hydrolysis) is 6. The van der Waals surface area contributed by atoms with Crippen LogP contribution in [0.1, 0.15) is 150 Å². The van der Waals surface area contributed by atoms with Crippen molar-refractivity contribution in [1.82, 2.24) is 37.2 Å². The van der Waals surface area contributed by atoms with E-state index >= 15 is 0 Å². The van der Waals surface area contributed by atoms with Crippen LogP contribution < -0.4 is 43.0 Å². The lowest BCUT2D eigenvalue weighted by Crippen LogP contribution is -2.73. The second-order valence-corrected chi connectivity index (χ2v) is 26.0. The molecule has 80 heavy (non-hydrogen) atoms. The maximum absolute atomic E-state index is 14.1. The van der Waals surface area contributed by atoms with Gasteiger partial charge >= 0.3 is 36.6 Å². The van der Waals surface area contributed by atoms with Gasteiger partial charge < -0.3 is 106 Å². The van der Waals surface area contributed by atoms with E-state index in [4.69, 9.17) is 53.1 Å². The average molecular weight is 1150 g/mol. The number of aliphatic hydroxyl groups is 3. The van der Waals surface area contributed by atoms with Crippen LogP contribution in [-0.4, -0.2) is 197 Å². The molecule has 2 aliphatic heterocycles. The van der Waals surface area contributed by atoms with Crippen LogP contribution in [0.15, 0.2) is 0 Å². The van der Waals surface area contributed by atoms with Crippen LogP contribution in [0.25, 0.3) is 0 Å². The molecule has 14 atom stereocenters. The summed E-state index contributed by atoms with van der Waals surface area (Å²) >= 11 is 0. The van der Waals surface area contributed by atoms with E-state index in [0.29, 0.717) is 0 Å². The Hall–Kier alpha value is -5.23. The first kappa shape index (κ1) is 69.0. The Bertz CT molecular complexity index is 2080. The molecule has 3 fully saturated rings. The molecule has 3 aliphatic rings. The summed E-state index contributed by atoms with van der Waals surface area (Å²) in [5.41, 5.74) is 1.51. The largest absolute Gasteiger partial charge is 0.444 e. The summed E-state index contributed by atoms with van der Waals surface area (Å²) in [6.45, 7) is 28.3. The van der Waals surface area contributed by atoms with E-state index in [1.165, 1.54) is 0 Å². The summed E-state index contributed by atoms with van der Waals surface area (Å²) in [7, 11) is 0. The Morgan fingerprint density at radius 2 is 0.925 bits per heavy atom. The number of carbonyl (C=O) groups is 7. The van der Waals surface area contributed by atoms with Crippen molar-refractivity contribution in [3.05, 3.63) is 0 Å². The Kier molecular flexibility index (Phi) is 24.3. The molecule has 12 N–H and O–H groups in total. The lowest BCUT2D eigenvalue weighted by Gasteiger charge is -2.50. The van der Waals surface area contributed by atoms with Crippen LogP contribution in [0.4, 0.5) is 28.8 Å². The second kappa shape index (κ2) is 28.2. The van der Waals surface area contributed by atoms with Gasteiger partial charge in [0.1, 0.15) is 58.0 Å². The molecule has 28 heteroatoms. The van der Waals surface area contributed by atoms with Crippen molar-refractivity contribution in [1.29, 1.82) is 0 Å². The van der Waals surface area contributed by atoms with Gasteiger partial charge in [-0.3, -0.25) is 4.79 Å². The zero-order valence-corrected chi connectivity index (χ0v) is 49.9. The monoisotopic (exact) mass is 1150 g/mol. The van der Waals surface area contributed by atoms with E-state index in [9.17, 15) is 48.9 Å². The minimum atomic E-state index is -1.81. The summed E-state index contributed by atoms with van der Waals surface area (Å²) in [4.78, 5) is 93.7. The molecule has 7 amide bonds. The van der Waals surface area contributed by atoms with Gasteiger partial charge in [-0.2, -0.15) is 0 Å². The third kappa shape index (κ3) is 24.9. The van der Waals surface area contributed by atoms with Gasteiger partial charge in [0, 0.05) is 13.1 Å². The fourth-order valence-electron chi connectivity index (χ4n) is 8.40. The quantitative estimate of drug-likeness (QED) is 0.0990. The first-order valence-electron chi connectivity index (χ1n) is 27.0. The highest BCUT2D eigenvalue weighted by Gasteiger charge is 2.54. The average Bonchev–Trinajstić information content (AvgIpc) is 3.24. The molecule has 0 aromatic carbocycles.